The summed E-state index contributed by atoms with van der Waals surface area (Å²) in [4.78, 5) is 67.7. The van der Waals surface area contributed by atoms with Crippen LogP contribution < -0.4 is 11.1 Å². The van der Waals surface area contributed by atoms with E-state index in [4.69, 9.17) is 23.9 Å². The predicted octanol–water partition coefficient (Wildman–Crippen LogP) is 10.2. The number of benzene rings is 2. The van der Waals surface area contributed by atoms with E-state index in [1.54, 1.807) is 24.8 Å². The summed E-state index contributed by atoms with van der Waals surface area (Å²) in [5, 5.41) is 20.3. The number of nitrogens with zero attached hydrogens (tertiary/aromatic N) is 10. The Morgan fingerprint density at radius 2 is 1.18 bits per heavy atom. The molecule has 2 aromatic carbocycles. The highest BCUT2D eigenvalue weighted by atomic mass is 28.4. The van der Waals surface area contributed by atoms with Crippen LogP contribution in [-0.2, 0) is 26.9 Å². The molecule has 416 valence electrons. The highest BCUT2D eigenvalue weighted by Gasteiger charge is 2.45. The third kappa shape index (κ3) is 12.2. The van der Waals surface area contributed by atoms with Gasteiger partial charge in [-0.25, -0.2) is 24.4 Å². The maximum absolute atomic E-state index is 13.1. The number of hydrogen-bond donors (Lipinski definition) is 3. The summed E-state index contributed by atoms with van der Waals surface area (Å²) in [7, 11) is 0.778. The van der Waals surface area contributed by atoms with E-state index in [0.29, 0.717) is 107 Å². The fourth-order valence-electron chi connectivity index (χ4n) is 10.1. The number of likely N-dealkylation sites (tertiary alicyclic amines) is 2. The minimum absolute atomic E-state index is 0.0202. The number of fused-ring (bicyclic) bond motifs is 2. The second-order valence-electron chi connectivity index (χ2n) is 20.7. The fourth-order valence-corrected chi connectivity index (χ4v) is 15.5. The van der Waals surface area contributed by atoms with Gasteiger partial charge in [0.15, 0.2) is 5.69 Å². The monoisotopic (exact) mass is 1100 g/mol. The molecule has 8 aromatic rings. The van der Waals surface area contributed by atoms with Gasteiger partial charge in [0.05, 0.1) is 45.1 Å². The van der Waals surface area contributed by atoms with E-state index in [1.165, 1.54) is 20.4 Å². The SMILES string of the molecule is CC(C)[Si](OCc1ccc2ncc(C(=O)O)n2c1)(C(C)C)C(C)C.CCc1ccc2ncc(C(=O)Nc3cc(-c4noc(C5CN(C(=O)OC)C5)n4)ccc3C)n2c1.COC(=O)N1CC(c2nc(-c3ccc(C)c(N)c3)no2)C1. The predicted molar refractivity (Wildman–Crippen MR) is 297 cm³/mol. The molecule has 2 fully saturated rings. The first kappa shape index (κ1) is 56.8. The molecule has 2 saturated heterocycles. The van der Waals surface area contributed by atoms with E-state index >= 15 is 0 Å². The number of aryl methyl sites for hydroxylation is 3. The van der Waals surface area contributed by atoms with Gasteiger partial charge in [0, 0.05) is 61.1 Å². The minimum Gasteiger partial charge on any atom is -0.477 e. The van der Waals surface area contributed by atoms with Crippen molar-refractivity contribution in [2.45, 2.75) is 104 Å². The molecule has 0 saturated carbocycles. The highest BCUT2D eigenvalue weighted by Crippen LogP contribution is 2.43. The smallest absolute Gasteiger partial charge is 0.409 e. The molecular weight excluding hydrogens is 1030 g/mol. The van der Waals surface area contributed by atoms with E-state index in [1.807, 2.05) is 86.9 Å². The number of hydrogen-bond acceptors (Lipinski definition) is 16. The number of ether oxygens (including phenoxy) is 2. The van der Waals surface area contributed by atoms with Crippen LogP contribution in [0.25, 0.3) is 34.1 Å². The first-order chi connectivity index (χ1) is 37.7. The normalized spacial score (nSPS) is 13.7. The molecule has 23 heteroatoms. The van der Waals surface area contributed by atoms with Gasteiger partial charge in [0.25, 0.3) is 5.91 Å². The number of imidazole rings is 2. The summed E-state index contributed by atoms with van der Waals surface area (Å²) < 4.78 is 30.1. The van der Waals surface area contributed by atoms with Crippen LogP contribution in [0.3, 0.4) is 0 Å². The topological polar surface area (TPSA) is 273 Å². The zero-order valence-electron chi connectivity index (χ0n) is 46.4. The molecule has 79 heavy (non-hydrogen) atoms. The minimum atomic E-state index is -1.94. The van der Waals surface area contributed by atoms with Crippen LogP contribution in [0.15, 0.2) is 94.5 Å². The number of rotatable bonds is 14. The molecule has 3 amide bonds. The Morgan fingerprint density at radius 1 is 0.696 bits per heavy atom. The maximum Gasteiger partial charge on any atom is 0.409 e. The third-order valence-corrected chi connectivity index (χ3v) is 20.7. The Bertz CT molecular complexity index is 3460. The zero-order chi connectivity index (χ0) is 56.9. The number of carbonyl (C=O) groups excluding carboxylic acids is 3. The standard InChI is InChI=1S/C24H24N6O4.C18H28N2O3Si.C14H16N4O3/c1-4-15-6-8-20-25-10-19(30(20)11-15)22(31)26-18-9-16(7-5-14(18)2)21-27-23(34-28-21)17-12-29(13-17)24(32)33-3;1-12(2)24(13(3)4,14(5)6)23-11-15-7-8-17-19-9-16(18(21)22)20(17)10-15;1-8-3-4-9(5-11(8)15)12-16-13(21-17-12)10-6-18(7-10)14(19)20-2/h5-11,17H,4,12-13H2,1-3H3,(H,26,31);7-10,12-14H,11H2,1-6H3,(H,21,22);3-5,10H,6-7,15H2,1-2H3. The number of anilines is 2. The first-order valence-corrected chi connectivity index (χ1v) is 28.3. The Morgan fingerprint density at radius 3 is 1.67 bits per heavy atom. The highest BCUT2D eigenvalue weighted by molar-refractivity contribution is 6.77. The van der Waals surface area contributed by atoms with Gasteiger partial charge in [0.1, 0.15) is 17.0 Å². The van der Waals surface area contributed by atoms with Crippen LogP contribution in [0.5, 0.6) is 0 Å². The van der Waals surface area contributed by atoms with Gasteiger partial charge in [-0.2, -0.15) is 9.97 Å². The number of methoxy groups -OCH3 is 2. The van der Waals surface area contributed by atoms with Crippen LogP contribution in [-0.4, -0.2) is 127 Å². The number of nitrogens with one attached hydrogen (secondary N) is 1. The molecular formula is C56H68N12O10Si. The second kappa shape index (κ2) is 24.1. The zero-order valence-corrected chi connectivity index (χ0v) is 47.4. The summed E-state index contributed by atoms with van der Waals surface area (Å²) in [6.45, 7) is 22.0. The molecule has 0 bridgehead atoms. The van der Waals surface area contributed by atoms with Gasteiger partial charge >= 0.3 is 18.2 Å². The number of nitrogen functional groups attached to an aromatic ring is 1. The van der Waals surface area contributed by atoms with Crippen molar-refractivity contribution in [2.24, 2.45) is 0 Å². The van der Waals surface area contributed by atoms with Gasteiger partial charge in [-0.3, -0.25) is 13.6 Å². The van der Waals surface area contributed by atoms with Crippen molar-refractivity contribution in [1.29, 1.82) is 0 Å². The van der Waals surface area contributed by atoms with E-state index in [9.17, 15) is 24.3 Å². The summed E-state index contributed by atoms with van der Waals surface area (Å²) in [6.07, 6.45) is 6.88. The van der Waals surface area contributed by atoms with Crippen molar-refractivity contribution in [3.63, 3.8) is 0 Å². The van der Waals surface area contributed by atoms with E-state index < -0.39 is 14.3 Å². The number of carboxylic acid groups (broad SMARTS) is 1. The van der Waals surface area contributed by atoms with E-state index in [-0.39, 0.29) is 35.6 Å². The Hall–Kier alpha value is -8.44. The largest absolute Gasteiger partial charge is 0.477 e. The average Bonchev–Trinajstić information content (AvgIpc) is 4.25. The number of aromatic nitrogens is 8. The number of aromatic carboxylic acids is 1. The quantitative estimate of drug-likeness (QED) is 0.0674. The average molecular weight is 1100 g/mol. The van der Waals surface area contributed by atoms with Gasteiger partial charge in [-0.05, 0) is 83.4 Å². The van der Waals surface area contributed by atoms with Crippen LogP contribution in [0.2, 0.25) is 16.6 Å². The lowest BCUT2D eigenvalue weighted by Gasteiger charge is -2.42. The number of pyridine rings is 2. The lowest BCUT2D eigenvalue weighted by Crippen LogP contribution is -2.48. The maximum atomic E-state index is 13.1. The molecule has 8 heterocycles. The van der Waals surface area contributed by atoms with Crippen LogP contribution >= 0.6 is 0 Å². The molecule has 0 atom stereocenters. The Balaban J connectivity index is 0.000000162. The van der Waals surface area contributed by atoms with Crippen LogP contribution in [0.1, 0.15) is 115 Å². The van der Waals surface area contributed by atoms with Gasteiger partial charge in [-0.1, -0.05) is 95.2 Å². The summed E-state index contributed by atoms with van der Waals surface area (Å²) in [5.41, 5.74) is 16.3. The van der Waals surface area contributed by atoms with Gasteiger partial charge < -0.3 is 48.9 Å². The molecule has 0 radical (unpaired) electrons. The number of carboxylic acids is 1. The Kier molecular flexibility index (Phi) is 17.3. The van der Waals surface area contributed by atoms with Crippen molar-refractivity contribution in [3.8, 4) is 22.8 Å². The van der Waals surface area contributed by atoms with Crippen molar-refractivity contribution in [2.75, 3.05) is 51.4 Å². The third-order valence-electron chi connectivity index (χ3n) is 14.7. The summed E-state index contributed by atoms with van der Waals surface area (Å²) in [5.74, 6) is 0.741. The van der Waals surface area contributed by atoms with Gasteiger partial charge in [0.2, 0.25) is 31.7 Å². The van der Waals surface area contributed by atoms with Crippen molar-refractivity contribution < 1.29 is 47.2 Å². The van der Waals surface area contributed by atoms with Crippen molar-refractivity contribution in [1.82, 2.24) is 48.9 Å². The Labute approximate surface area is 458 Å². The summed E-state index contributed by atoms with van der Waals surface area (Å²) in [6, 6.07) is 19.0. The van der Waals surface area contributed by atoms with Crippen molar-refractivity contribution in [3.05, 3.63) is 131 Å². The molecule has 0 spiro atoms. The number of nitrogens with two attached hydrogens (primary N) is 1. The van der Waals surface area contributed by atoms with Crippen molar-refractivity contribution >= 4 is 55.0 Å². The van der Waals surface area contributed by atoms with E-state index in [0.717, 1.165) is 34.2 Å². The van der Waals surface area contributed by atoms with Crippen LogP contribution in [0, 0.1) is 13.8 Å². The molecule has 22 nitrogen and oxygen atoms in total. The molecule has 0 aliphatic carbocycles. The molecule has 2 aliphatic heterocycles. The first-order valence-electron chi connectivity index (χ1n) is 26.2. The van der Waals surface area contributed by atoms with Crippen LogP contribution in [0.4, 0.5) is 21.0 Å². The number of carbonyl (C=O) groups is 4. The molecule has 0 unspecified atom stereocenters. The molecule has 4 N–H and O–H groups in total. The molecule has 6 aromatic heterocycles. The number of amides is 3. The lowest BCUT2D eigenvalue weighted by molar-refractivity contribution is 0.0688. The molecule has 2 aliphatic rings. The fraction of sp³-hybridized carbons (Fsp3) is 0.393. The van der Waals surface area contributed by atoms with Gasteiger partial charge in [-0.15, -0.1) is 0 Å². The second-order valence-corrected chi connectivity index (χ2v) is 26.2. The molecule has 10 rings (SSSR count). The summed E-state index contributed by atoms with van der Waals surface area (Å²) >= 11 is 0. The lowest BCUT2D eigenvalue weighted by atomic mass is 10.0. The van der Waals surface area contributed by atoms with E-state index in [2.05, 4.69) is 88.8 Å².